The molecule has 0 aliphatic carbocycles. The normalized spacial score (nSPS) is 11.3. The van der Waals surface area contributed by atoms with Crippen LogP contribution >= 0.6 is 0 Å². The molecule has 4 nitrogen and oxygen atoms in total. The van der Waals surface area contributed by atoms with Gasteiger partial charge in [-0.2, -0.15) is 0 Å². The molecule has 10 rings (SSSR count). The van der Waals surface area contributed by atoms with Gasteiger partial charge in [0.1, 0.15) is 0 Å². The third-order valence-electron chi connectivity index (χ3n) is 10.3. The minimum atomic E-state index is 0.629. The third-order valence-corrected chi connectivity index (χ3v) is 10.3. The van der Waals surface area contributed by atoms with Crippen LogP contribution in [0.1, 0.15) is 0 Å². The van der Waals surface area contributed by atoms with Gasteiger partial charge in [-0.25, -0.2) is 15.0 Å². The lowest BCUT2D eigenvalue weighted by atomic mass is 9.99. The van der Waals surface area contributed by atoms with E-state index in [9.17, 15) is 0 Å². The van der Waals surface area contributed by atoms with Crippen molar-refractivity contribution in [1.82, 2.24) is 19.5 Å². The molecule has 4 heteroatoms. The number of rotatable bonds is 7. The van der Waals surface area contributed by atoms with Gasteiger partial charge >= 0.3 is 0 Å². The second-order valence-electron chi connectivity index (χ2n) is 13.7. The van der Waals surface area contributed by atoms with Gasteiger partial charge in [-0.1, -0.05) is 176 Å². The molecule has 8 aromatic carbocycles. The Morgan fingerprint density at radius 3 is 1.45 bits per heavy atom. The monoisotopic (exact) mass is 702 g/mol. The first kappa shape index (κ1) is 32.2. The summed E-state index contributed by atoms with van der Waals surface area (Å²) in [6, 6.07) is 72.3. The van der Waals surface area contributed by atoms with Gasteiger partial charge in [-0.3, -0.25) is 0 Å². The minimum Gasteiger partial charge on any atom is -0.309 e. The SMILES string of the molecule is c1ccc(-c2ccc(-c3nc(-c4ccccc4)nc(-c4cccc(-c5cccc(-n6c7ccccc7c7c(-c8ccccc8)cccc76)c5)c4)n3)cc2)cc1. The number of aromatic nitrogens is 4. The number of para-hydroxylation sites is 1. The van der Waals surface area contributed by atoms with Crippen LogP contribution in [0.5, 0.6) is 0 Å². The zero-order valence-corrected chi connectivity index (χ0v) is 29.9. The average molecular weight is 703 g/mol. The summed E-state index contributed by atoms with van der Waals surface area (Å²) in [5.41, 5.74) is 13.2. The van der Waals surface area contributed by atoms with Gasteiger partial charge in [0.25, 0.3) is 0 Å². The molecule has 0 saturated carbocycles. The van der Waals surface area contributed by atoms with Crippen molar-refractivity contribution in [3.8, 4) is 73.2 Å². The molecule has 0 unspecified atom stereocenters. The maximum atomic E-state index is 5.07. The first-order valence-corrected chi connectivity index (χ1v) is 18.5. The molecule has 0 saturated heterocycles. The van der Waals surface area contributed by atoms with Gasteiger partial charge in [0, 0.05) is 33.2 Å². The smallest absolute Gasteiger partial charge is 0.164 e. The Balaban J connectivity index is 1.07. The van der Waals surface area contributed by atoms with E-state index in [1.165, 1.54) is 38.5 Å². The lowest BCUT2D eigenvalue weighted by Gasteiger charge is -2.12. The number of fused-ring (bicyclic) bond motifs is 3. The highest BCUT2D eigenvalue weighted by atomic mass is 15.0. The van der Waals surface area contributed by atoms with Gasteiger partial charge in [-0.05, 0) is 63.7 Å². The summed E-state index contributed by atoms with van der Waals surface area (Å²) < 4.78 is 2.39. The summed E-state index contributed by atoms with van der Waals surface area (Å²) >= 11 is 0. The third kappa shape index (κ3) is 6.06. The number of benzene rings is 8. The Hall–Kier alpha value is -7.43. The van der Waals surface area contributed by atoms with Crippen LogP contribution in [-0.4, -0.2) is 19.5 Å². The molecule has 0 fully saturated rings. The maximum absolute atomic E-state index is 5.07. The van der Waals surface area contributed by atoms with Crippen LogP contribution in [0.2, 0.25) is 0 Å². The van der Waals surface area contributed by atoms with Crippen LogP contribution < -0.4 is 0 Å². The Kier molecular flexibility index (Phi) is 8.12. The van der Waals surface area contributed by atoms with E-state index >= 15 is 0 Å². The van der Waals surface area contributed by atoms with Crippen LogP contribution in [0.25, 0.3) is 95.0 Å². The van der Waals surface area contributed by atoms with Crippen molar-refractivity contribution in [1.29, 1.82) is 0 Å². The second-order valence-corrected chi connectivity index (χ2v) is 13.7. The summed E-state index contributed by atoms with van der Waals surface area (Å²) in [5.74, 6) is 1.91. The van der Waals surface area contributed by atoms with Crippen LogP contribution in [0.15, 0.2) is 206 Å². The van der Waals surface area contributed by atoms with Crippen LogP contribution in [0.3, 0.4) is 0 Å². The molecule has 0 atom stereocenters. The van der Waals surface area contributed by atoms with Crippen molar-refractivity contribution in [2.45, 2.75) is 0 Å². The fourth-order valence-electron chi connectivity index (χ4n) is 7.61. The molecule has 2 heterocycles. The molecule has 0 N–H and O–H groups in total. The van der Waals surface area contributed by atoms with E-state index in [0.29, 0.717) is 17.5 Å². The van der Waals surface area contributed by atoms with Crippen LogP contribution in [0, 0.1) is 0 Å². The molecule has 55 heavy (non-hydrogen) atoms. The molecule has 0 radical (unpaired) electrons. The molecule has 0 spiro atoms. The van der Waals surface area contributed by atoms with Crippen LogP contribution in [-0.2, 0) is 0 Å². The molecule has 0 aliphatic rings. The van der Waals surface area contributed by atoms with E-state index in [0.717, 1.165) is 39.1 Å². The van der Waals surface area contributed by atoms with Gasteiger partial charge in [0.15, 0.2) is 17.5 Å². The van der Waals surface area contributed by atoms with E-state index in [-0.39, 0.29) is 0 Å². The summed E-state index contributed by atoms with van der Waals surface area (Å²) in [6.45, 7) is 0. The molecular formula is C51H34N4. The Labute approximate surface area is 319 Å². The predicted octanol–water partition coefficient (Wildman–Crippen LogP) is 13.0. The predicted molar refractivity (Wildman–Crippen MR) is 227 cm³/mol. The molecule has 258 valence electrons. The summed E-state index contributed by atoms with van der Waals surface area (Å²) in [7, 11) is 0. The van der Waals surface area contributed by atoms with Crippen molar-refractivity contribution in [2.24, 2.45) is 0 Å². The zero-order chi connectivity index (χ0) is 36.6. The molecule has 0 bridgehead atoms. The maximum Gasteiger partial charge on any atom is 0.164 e. The highest BCUT2D eigenvalue weighted by Crippen LogP contribution is 2.39. The highest BCUT2D eigenvalue weighted by Gasteiger charge is 2.17. The van der Waals surface area contributed by atoms with E-state index < -0.39 is 0 Å². The molecule has 0 aliphatic heterocycles. The summed E-state index contributed by atoms with van der Waals surface area (Å²) in [4.78, 5) is 15.1. The van der Waals surface area contributed by atoms with Crippen molar-refractivity contribution in [2.75, 3.05) is 0 Å². The number of hydrogen-bond acceptors (Lipinski definition) is 3. The van der Waals surface area contributed by atoms with Gasteiger partial charge < -0.3 is 4.57 Å². The van der Waals surface area contributed by atoms with E-state index in [2.05, 4.69) is 174 Å². The van der Waals surface area contributed by atoms with E-state index in [1.807, 2.05) is 36.4 Å². The standard InChI is InChI=1S/C51H34N4/c1-4-15-35(16-5-1)36-29-31-39(32-30-36)50-52-49(38-19-8-3-9-20-38)53-51(54-50)42-23-12-21-40(33-42)41-22-13-24-43(34-41)55-46-27-11-10-25-45(46)48-44(26-14-28-47(48)55)37-17-6-2-7-18-37/h1-34H. The number of nitrogens with zero attached hydrogens (tertiary/aromatic N) is 4. The summed E-state index contributed by atoms with van der Waals surface area (Å²) in [5, 5.41) is 2.49. The van der Waals surface area contributed by atoms with Gasteiger partial charge in [0.05, 0.1) is 11.0 Å². The van der Waals surface area contributed by atoms with Crippen molar-refractivity contribution < 1.29 is 0 Å². The largest absolute Gasteiger partial charge is 0.309 e. The first-order chi connectivity index (χ1) is 27.3. The molecule has 2 aromatic heterocycles. The fraction of sp³-hybridized carbons (Fsp3) is 0. The van der Waals surface area contributed by atoms with Crippen molar-refractivity contribution in [3.63, 3.8) is 0 Å². The van der Waals surface area contributed by atoms with Gasteiger partial charge in [0.2, 0.25) is 0 Å². The second kappa shape index (κ2) is 13.8. The first-order valence-electron chi connectivity index (χ1n) is 18.5. The van der Waals surface area contributed by atoms with E-state index in [1.54, 1.807) is 0 Å². The molecule has 0 amide bonds. The fourth-order valence-corrected chi connectivity index (χ4v) is 7.61. The quantitative estimate of drug-likeness (QED) is 0.166. The Morgan fingerprint density at radius 2 is 0.745 bits per heavy atom. The van der Waals surface area contributed by atoms with Crippen molar-refractivity contribution in [3.05, 3.63) is 206 Å². The topological polar surface area (TPSA) is 43.6 Å². The zero-order valence-electron chi connectivity index (χ0n) is 29.9. The van der Waals surface area contributed by atoms with Crippen molar-refractivity contribution >= 4 is 21.8 Å². The lowest BCUT2D eigenvalue weighted by molar-refractivity contribution is 1.07. The van der Waals surface area contributed by atoms with E-state index in [4.69, 9.17) is 15.0 Å². The average Bonchev–Trinajstić information content (AvgIpc) is 3.62. The number of hydrogen-bond donors (Lipinski definition) is 0. The lowest BCUT2D eigenvalue weighted by Crippen LogP contribution is -2.00. The minimum absolute atomic E-state index is 0.629. The Morgan fingerprint density at radius 1 is 0.291 bits per heavy atom. The Bertz CT molecular complexity index is 2950. The van der Waals surface area contributed by atoms with Crippen LogP contribution in [0.4, 0.5) is 0 Å². The summed E-state index contributed by atoms with van der Waals surface area (Å²) in [6.07, 6.45) is 0. The molecule has 10 aromatic rings. The van der Waals surface area contributed by atoms with Gasteiger partial charge in [-0.15, -0.1) is 0 Å². The highest BCUT2D eigenvalue weighted by molar-refractivity contribution is 6.15. The molecular weight excluding hydrogens is 669 g/mol.